The molecule has 0 unspecified atom stereocenters. The Morgan fingerprint density at radius 3 is 2.62 bits per heavy atom. The van der Waals surface area contributed by atoms with Gasteiger partial charge in [-0.15, -0.1) is 23.1 Å². The van der Waals surface area contributed by atoms with E-state index in [9.17, 15) is 0 Å². The largest absolute Gasteiger partial charge is 0.229 e. The summed E-state index contributed by atoms with van der Waals surface area (Å²) < 4.78 is 0. The van der Waals surface area contributed by atoms with Crippen LogP contribution in [-0.4, -0.2) is 9.97 Å². The quantitative estimate of drug-likeness (QED) is 0.490. The maximum atomic E-state index is 4.49. The van der Waals surface area contributed by atoms with Crippen molar-refractivity contribution in [1.82, 2.24) is 9.97 Å². The normalized spacial score (nSPS) is 11.2. The second kappa shape index (κ2) is 5.78. The van der Waals surface area contributed by atoms with Crippen LogP contribution >= 0.6 is 23.1 Å². The summed E-state index contributed by atoms with van der Waals surface area (Å²) in [6.45, 7) is 8.63. The van der Waals surface area contributed by atoms with Gasteiger partial charge < -0.3 is 0 Å². The van der Waals surface area contributed by atoms with E-state index in [0.717, 1.165) is 15.6 Å². The van der Waals surface area contributed by atoms with Gasteiger partial charge >= 0.3 is 0 Å². The van der Waals surface area contributed by atoms with Crippen molar-refractivity contribution in [3.05, 3.63) is 51.7 Å². The molecule has 0 spiro atoms. The van der Waals surface area contributed by atoms with E-state index in [-0.39, 0.29) is 0 Å². The molecular formula is C17H18N2S2. The van der Waals surface area contributed by atoms with Crippen molar-refractivity contribution < 1.29 is 0 Å². The van der Waals surface area contributed by atoms with E-state index >= 15 is 0 Å². The minimum absolute atomic E-state index is 0.946. The number of fused-ring (bicyclic) bond motifs is 1. The molecule has 0 aliphatic rings. The van der Waals surface area contributed by atoms with E-state index < -0.39 is 0 Å². The molecule has 0 radical (unpaired) electrons. The van der Waals surface area contributed by atoms with Crippen LogP contribution in [0.1, 0.15) is 27.1 Å². The average molecular weight is 314 g/mol. The lowest BCUT2D eigenvalue weighted by Gasteiger charge is -2.06. The molecule has 2 heterocycles. The Bertz CT molecular complexity index is 806. The van der Waals surface area contributed by atoms with E-state index in [1.54, 1.807) is 29.4 Å². The van der Waals surface area contributed by atoms with Gasteiger partial charge in [0.1, 0.15) is 16.2 Å². The van der Waals surface area contributed by atoms with Gasteiger partial charge in [-0.3, -0.25) is 0 Å². The van der Waals surface area contributed by atoms with Crippen molar-refractivity contribution >= 4 is 33.3 Å². The Labute approximate surface area is 133 Å². The summed E-state index contributed by atoms with van der Waals surface area (Å²) in [6, 6.07) is 6.67. The summed E-state index contributed by atoms with van der Waals surface area (Å²) in [7, 11) is 0. The van der Waals surface area contributed by atoms with Crippen LogP contribution in [0, 0.1) is 27.7 Å². The number of rotatable bonds is 3. The minimum Gasteiger partial charge on any atom is -0.229 e. The third kappa shape index (κ3) is 2.83. The smallest absolute Gasteiger partial charge is 0.128 e. The van der Waals surface area contributed by atoms with Crippen molar-refractivity contribution in [3.63, 3.8) is 0 Å². The number of thioether (sulfide) groups is 1. The van der Waals surface area contributed by atoms with Crippen LogP contribution in [0.5, 0.6) is 0 Å². The zero-order chi connectivity index (χ0) is 15.0. The Balaban J connectivity index is 1.90. The van der Waals surface area contributed by atoms with E-state index in [2.05, 4.69) is 55.9 Å². The molecule has 2 aromatic heterocycles. The van der Waals surface area contributed by atoms with Gasteiger partial charge in [-0.05, 0) is 49.9 Å². The first-order valence-corrected chi connectivity index (χ1v) is 8.76. The third-order valence-corrected chi connectivity index (χ3v) is 6.05. The lowest BCUT2D eigenvalue weighted by Crippen LogP contribution is -1.89. The monoisotopic (exact) mass is 314 g/mol. The fourth-order valence-electron chi connectivity index (χ4n) is 2.30. The summed E-state index contributed by atoms with van der Waals surface area (Å²) in [5.74, 6) is 0.946. The van der Waals surface area contributed by atoms with Gasteiger partial charge in [-0.1, -0.05) is 18.2 Å². The molecule has 0 aliphatic carbocycles. The molecular weight excluding hydrogens is 296 g/mol. The van der Waals surface area contributed by atoms with Crippen molar-refractivity contribution in [3.8, 4) is 0 Å². The maximum Gasteiger partial charge on any atom is 0.128 e. The molecule has 0 N–H and O–H groups in total. The van der Waals surface area contributed by atoms with Crippen LogP contribution in [0.4, 0.5) is 0 Å². The SMILES string of the molecule is Cc1ccc(CSc2ncnc3sc(C)c(C)c23)cc1C. The fraction of sp³-hybridized carbons (Fsp3) is 0.294. The van der Waals surface area contributed by atoms with E-state index in [4.69, 9.17) is 0 Å². The lowest BCUT2D eigenvalue weighted by molar-refractivity contribution is 1.10. The van der Waals surface area contributed by atoms with Crippen LogP contribution in [0.15, 0.2) is 29.6 Å². The van der Waals surface area contributed by atoms with Crippen LogP contribution in [0.3, 0.4) is 0 Å². The lowest BCUT2D eigenvalue weighted by atomic mass is 10.1. The Kier molecular flexibility index (Phi) is 4.00. The zero-order valence-electron chi connectivity index (χ0n) is 12.7. The second-order valence-electron chi connectivity index (χ2n) is 5.35. The highest BCUT2D eigenvalue weighted by molar-refractivity contribution is 7.98. The molecule has 0 amide bonds. The summed E-state index contributed by atoms with van der Waals surface area (Å²) in [5.41, 5.74) is 5.36. The zero-order valence-corrected chi connectivity index (χ0v) is 14.4. The Morgan fingerprint density at radius 1 is 1.05 bits per heavy atom. The van der Waals surface area contributed by atoms with Crippen LogP contribution in [-0.2, 0) is 5.75 Å². The predicted octanol–water partition coefficient (Wildman–Crippen LogP) is 5.22. The first kappa shape index (κ1) is 14.5. The second-order valence-corrected chi connectivity index (χ2v) is 7.52. The van der Waals surface area contributed by atoms with Gasteiger partial charge in [0.15, 0.2) is 0 Å². The van der Waals surface area contributed by atoms with Crippen LogP contribution < -0.4 is 0 Å². The standard InChI is InChI=1S/C17H18N2S2/c1-10-5-6-14(7-11(10)2)8-20-16-15-12(3)13(4)21-17(15)19-9-18-16/h5-7,9H,8H2,1-4H3. The number of benzene rings is 1. The van der Waals surface area contributed by atoms with Crippen molar-refractivity contribution in [2.45, 2.75) is 38.5 Å². The highest BCUT2D eigenvalue weighted by Gasteiger charge is 2.12. The Morgan fingerprint density at radius 2 is 1.86 bits per heavy atom. The molecule has 2 nitrogen and oxygen atoms in total. The third-order valence-electron chi connectivity index (χ3n) is 3.88. The number of aryl methyl sites for hydroxylation is 4. The van der Waals surface area contributed by atoms with E-state index in [1.807, 2.05) is 0 Å². The molecule has 0 fully saturated rings. The number of thiophene rings is 1. The average Bonchev–Trinajstić information content (AvgIpc) is 2.76. The number of nitrogens with zero attached hydrogens (tertiary/aromatic N) is 2. The molecule has 108 valence electrons. The molecule has 4 heteroatoms. The maximum absolute atomic E-state index is 4.49. The molecule has 0 saturated heterocycles. The van der Waals surface area contributed by atoms with Crippen molar-refractivity contribution in [2.24, 2.45) is 0 Å². The van der Waals surface area contributed by atoms with Crippen LogP contribution in [0.2, 0.25) is 0 Å². The van der Waals surface area contributed by atoms with Gasteiger partial charge in [0.05, 0.1) is 0 Å². The topological polar surface area (TPSA) is 25.8 Å². The molecule has 0 bridgehead atoms. The highest BCUT2D eigenvalue weighted by atomic mass is 32.2. The molecule has 0 saturated carbocycles. The summed E-state index contributed by atoms with van der Waals surface area (Å²) in [5, 5.41) is 2.33. The molecule has 3 aromatic rings. The van der Waals surface area contributed by atoms with Gasteiger partial charge in [-0.2, -0.15) is 0 Å². The number of aromatic nitrogens is 2. The van der Waals surface area contributed by atoms with Gasteiger partial charge in [-0.25, -0.2) is 9.97 Å². The van der Waals surface area contributed by atoms with Gasteiger partial charge in [0.2, 0.25) is 0 Å². The highest BCUT2D eigenvalue weighted by Crippen LogP contribution is 2.35. The first-order valence-electron chi connectivity index (χ1n) is 6.96. The number of hydrogen-bond acceptors (Lipinski definition) is 4. The minimum atomic E-state index is 0.946. The molecule has 0 aliphatic heterocycles. The summed E-state index contributed by atoms with van der Waals surface area (Å²) in [4.78, 5) is 11.3. The fourth-order valence-corrected chi connectivity index (χ4v) is 4.36. The van der Waals surface area contributed by atoms with E-state index in [0.29, 0.717) is 0 Å². The summed E-state index contributed by atoms with van der Waals surface area (Å²) >= 11 is 3.56. The molecule has 3 rings (SSSR count). The van der Waals surface area contributed by atoms with Crippen molar-refractivity contribution in [2.75, 3.05) is 0 Å². The summed E-state index contributed by atoms with van der Waals surface area (Å²) in [6.07, 6.45) is 1.68. The van der Waals surface area contributed by atoms with Gasteiger partial charge in [0.25, 0.3) is 0 Å². The number of hydrogen-bond donors (Lipinski definition) is 0. The molecule has 1 aromatic carbocycles. The van der Waals surface area contributed by atoms with Crippen LogP contribution in [0.25, 0.3) is 10.2 Å². The first-order chi connectivity index (χ1) is 10.1. The van der Waals surface area contributed by atoms with Gasteiger partial charge in [0, 0.05) is 16.0 Å². The molecule has 0 atom stereocenters. The molecule has 21 heavy (non-hydrogen) atoms. The predicted molar refractivity (Wildman–Crippen MR) is 92.4 cm³/mol. The Hall–Kier alpha value is -1.39. The van der Waals surface area contributed by atoms with E-state index in [1.165, 1.54) is 32.5 Å². The van der Waals surface area contributed by atoms with Crippen molar-refractivity contribution in [1.29, 1.82) is 0 Å².